The van der Waals surface area contributed by atoms with Crippen molar-refractivity contribution in [3.05, 3.63) is 57.3 Å². The van der Waals surface area contributed by atoms with Crippen molar-refractivity contribution in [2.75, 3.05) is 0 Å². The van der Waals surface area contributed by atoms with Gasteiger partial charge in [0.1, 0.15) is 11.6 Å². The number of rotatable bonds is 5. The molecule has 0 spiro atoms. The number of halogens is 2. The molecular weight excluding hydrogens is 306 g/mol. The van der Waals surface area contributed by atoms with Crippen molar-refractivity contribution in [2.24, 2.45) is 5.73 Å². The summed E-state index contributed by atoms with van der Waals surface area (Å²) >= 11 is 1.41. The predicted molar refractivity (Wildman–Crippen MR) is 81.6 cm³/mol. The summed E-state index contributed by atoms with van der Waals surface area (Å²) in [6.45, 7) is 0.450. The molecule has 22 heavy (non-hydrogen) atoms. The predicted octanol–water partition coefficient (Wildman–Crippen LogP) is 3.29. The highest BCUT2D eigenvalue weighted by molar-refractivity contribution is 7.10. The molecule has 1 aliphatic carbocycles. The molecule has 3 rings (SSSR count). The minimum absolute atomic E-state index is 0.118. The van der Waals surface area contributed by atoms with Gasteiger partial charge in [-0.1, -0.05) is 6.07 Å². The highest BCUT2D eigenvalue weighted by Gasteiger charge is 2.42. The number of primary amides is 1. The number of hydrogen-bond donors (Lipinski definition) is 2. The molecule has 0 radical (unpaired) electrons. The van der Waals surface area contributed by atoms with Gasteiger partial charge in [0.15, 0.2) is 0 Å². The van der Waals surface area contributed by atoms with E-state index in [9.17, 15) is 13.6 Å². The van der Waals surface area contributed by atoms with Crippen LogP contribution < -0.4 is 11.1 Å². The van der Waals surface area contributed by atoms with E-state index in [1.54, 1.807) is 11.4 Å². The molecule has 0 unspecified atom stereocenters. The van der Waals surface area contributed by atoms with E-state index in [0.717, 1.165) is 11.3 Å². The van der Waals surface area contributed by atoms with E-state index in [1.807, 2.05) is 0 Å². The van der Waals surface area contributed by atoms with Crippen LogP contribution in [0.15, 0.2) is 29.6 Å². The van der Waals surface area contributed by atoms with Crippen LogP contribution in [0.2, 0.25) is 0 Å². The van der Waals surface area contributed by atoms with E-state index in [-0.39, 0.29) is 5.56 Å². The van der Waals surface area contributed by atoms with Gasteiger partial charge < -0.3 is 11.1 Å². The molecular formula is C16H16F2N2OS. The third-order valence-electron chi connectivity index (χ3n) is 4.19. The molecule has 116 valence electrons. The summed E-state index contributed by atoms with van der Waals surface area (Å²) in [5.74, 6) is -1.51. The minimum Gasteiger partial charge on any atom is -0.366 e. The fourth-order valence-electron chi connectivity index (χ4n) is 2.86. The molecule has 0 saturated heterocycles. The maximum Gasteiger partial charge on any atom is 0.249 e. The van der Waals surface area contributed by atoms with Crippen molar-refractivity contribution < 1.29 is 13.6 Å². The first-order valence-corrected chi connectivity index (χ1v) is 7.96. The van der Waals surface area contributed by atoms with E-state index in [4.69, 9.17) is 5.73 Å². The fraction of sp³-hybridized carbons (Fsp3) is 0.312. The maximum atomic E-state index is 14.1. The van der Waals surface area contributed by atoms with Gasteiger partial charge in [0.25, 0.3) is 0 Å². The van der Waals surface area contributed by atoms with Crippen LogP contribution in [-0.4, -0.2) is 5.91 Å². The smallest absolute Gasteiger partial charge is 0.249 e. The van der Waals surface area contributed by atoms with Gasteiger partial charge in [-0.2, -0.15) is 0 Å². The van der Waals surface area contributed by atoms with Gasteiger partial charge in [0.2, 0.25) is 5.91 Å². The molecule has 1 aromatic heterocycles. The average Bonchev–Trinajstić information content (AvgIpc) is 2.89. The summed E-state index contributed by atoms with van der Waals surface area (Å²) in [6, 6.07) is 5.66. The highest BCUT2D eigenvalue weighted by atomic mass is 32.1. The van der Waals surface area contributed by atoms with Crippen LogP contribution in [0, 0.1) is 11.6 Å². The molecule has 1 amide bonds. The second-order valence-electron chi connectivity index (χ2n) is 5.55. The number of amides is 1. The molecule has 2 aromatic rings. The molecule has 1 aromatic carbocycles. The molecule has 1 fully saturated rings. The van der Waals surface area contributed by atoms with Gasteiger partial charge in [0, 0.05) is 27.9 Å². The topological polar surface area (TPSA) is 55.1 Å². The van der Waals surface area contributed by atoms with Crippen LogP contribution >= 0.6 is 11.3 Å². The number of hydrogen-bond acceptors (Lipinski definition) is 3. The lowest BCUT2D eigenvalue weighted by Gasteiger charge is -2.43. The van der Waals surface area contributed by atoms with Crippen molar-refractivity contribution in [3.63, 3.8) is 0 Å². The van der Waals surface area contributed by atoms with E-state index >= 15 is 0 Å². The number of carbonyl (C=O) groups excluding carboxylic acids is 1. The van der Waals surface area contributed by atoms with Gasteiger partial charge in [-0.15, -0.1) is 11.3 Å². The van der Waals surface area contributed by atoms with Gasteiger partial charge >= 0.3 is 0 Å². The Morgan fingerprint density at radius 1 is 1.32 bits per heavy atom. The second-order valence-corrected chi connectivity index (χ2v) is 6.55. The van der Waals surface area contributed by atoms with Crippen molar-refractivity contribution in [3.8, 4) is 0 Å². The lowest BCUT2D eigenvalue weighted by Crippen LogP contribution is -2.48. The molecule has 0 atom stereocenters. The largest absolute Gasteiger partial charge is 0.366 e. The summed E-state index contributed by atoms with van der Waals surface area (Å²) in [4.78, 5) is 12.0. The number of nitrogens with two attached hydrogens (primary N) is 1. The summed E-state index contributed by atoms with van der Waals surface area (Å²) in [5.41, 5.74) is 5.14. The normalized spacial score (nSPS) is 16.3. The summed E-state index contributed by atoms with van der Waals surface area (Å²) in [6.07, 6.45) is 2.32. The van der Waals surface area contributed by atoms with Gasteiger partial charge in [-0.25, -0.2) is 8.78 Å². The first kappa shape index (κ1) is 15.1. The van der Waals surface area contributed by atoms with Crippen LogP contribution in [0.3, 0.4) is 0 Å². The number of carbonyl (C=O) groups is 1. The van der Waals surface area contributed by atoms with Gasteiger partial charge in [0.05, 0.1) is 5.56 Å². The second kappa shape index (κ2) is 5.78. The average molecular weight is 322 g/mol. The lowest BCUT2D eigenvalue weighted by atomic mass is 9.71. The number of thiophene rings is 1. The Kier molecular flexibility index (Phi) is 3.97. The minimum atomic E-state index is -0.660. The molecule has 3 nitrogen and oxygen atoms in total. The van der Waals surface area contributed by atoms with E-state index in [0.29, 0.717) is 24.9 Å². The van der Waals surface area contributed by atoms with Gasteiger partial charge in [-0.3, -0.25) is 4.79 Å². The van der Waals surface area contributed by atoms with Crippen LogP contribution in [0.1, 0.15) is 40.1 Å². The molecule has 1 heterocycles. The zero-order chi connectivity index (χ0) is 15.7. The molecule has 1 aliphatic rings. The van der Waals surface area contributed by atoms with Gasteiger partial charge in [-0.05, 0) is 37.5 Å². The Balaban J connectivity index is 1.80. The maximum absolute atomic E-state index is 14.1. The first-order valence-electron chi connectivity index (χ1n) is 7.08. The van der Waals surface area contributed by atoms with E-state index in [2.05, 4.69) is 5.32 Å². The third-order valence-corrected chi connectivity index (χ3v) is 5.12. The van der Waals surface area contributed by atoms with Crippen molar-refractivity contribution in [1.82, 2.24) is 5.32 Å². The van der Waals surface area contributed by atoms with Crippen molar-refractivity contribution in [1.29, 1.82) is 0 Å². The Labute approximate surface area is 131 Å². The van der Waals surface area contributed by atoms with Crippen LogP contribution in [0.5, 0.6) is 0 Å². The molecule has 0 bridgehead atoms. The summed E-state index contributed by atoms with van der Waals surface area (Å²) in [7, 11) is 0. The van der Waals surface area contributed by atoms with Crippen LogP contribution in [0.4, 0.5) is 8.78 Å². The summed E-state index contributed by atoms with van der Waals surface area (Å²) < 4.78 is 28.1. The number of benzene rings is 1. The standard InChI is InChI=1S/C16H16F2N2OS/c17-12-3-1-4-13(18)14(12)16(5-2-6-16)20-8-11-7-10(9-22-11)15(19)21/h1,3-4,7,9,20H,2,5-6,8H2,(H2,19,21). The third kappa shape index (κ3) is 2.64. The molecule has 0 aliphatic heterocycles. The van der Waals surface area contributed by atoms with Crippen LogP contribution in [-0.2, 0) is 12.1 Å². The fourth-order valence-corrected chi connectivity index (χ4v) is 3.67. The molecule has 3 N–H and O–H groups in total. The van der Waals surface area contributed by atoms with Crippen molar-refractivity contribution >= 4 is 17.2 Å². The Morgan fingerprint density at radius 2 is 2.00 bits per heavy atom. The van der Waals surface area contributed by atoms with E-state index < -0.39 is 23.1 Å². The Bertz CT molecular complexity index is 690. The zero-order valence-electron chi connectivity index (χ0n) is 11.9. The first-order chi connectivity index (χ1) is 10.5. The van der Waals surface area contributed by atoms with Crippen molar-refractivity contribution in [2.45, 2.75) is 31.3 Å². The molecule has 1 saturated carbocycles. The van der Waals surface area contributed by atoms with E-state index in [1.165, 1.54) is 29.5 Å². The SMILES string of the molecule is NC(=O)c1csc(CNC2(c3c(F)cccc3F)CCC2)c1. The Hall–Kier alpha value is -1.79. The zero-order valence-corrected chi connectivity index (χ0v) is 12.7. The summed E-state index contributed by atoms with van der Waals surface area (Å²) in [5, 5.41) is 4.97. The Morgan fingerprint density at radius 3 is 2.50 bits per heavy atom. The highest BCUT2D eigenvalue weighted by Crippen LogP contribution is 2.43. The monoisotopic (exact) mass is 322 g/mol. The van der Waals surface area contributed by atoms with Crippen LogP contribution in [0.25, 0.3) is 0 Å². The number of nitrogens with one attached hydrogen (secondary N) is 1. The lowest BCUT2D eigenvalue weighted by molar-refractivity contribution is 0.100. The molecule has 6 heteroatoms. The quantitative estimate of drug-likeness (QED) is 0.887.